The molecular formula is C8H16N2O2. The Balaban J connectivity index is 2.58. The fraction of sp³-hybridized carbons (Fsp3) is 0.875. The first-order valence-corrected chi connectivity index (χ1v) is 4.30. The molecule has 0 aromatic rings. The summed E-state index contributed by atoms with van der Waals surface area (Å²) in [5, 5.41) is 8.89. The predicted molar refractivity (Wildman–Crippen MR) is 46.2 cm³/mol. The Bertz CT molecular complexity index is 172. The van der Waals surface area contributed by atoms with Crippen molar-refractivity contribution in [3.05, 3.63) is 0 Å². The predicted octanol–water partition coefficient (Wildman–Crippen LogP) is -0.293. The number of hydrogen-bond acceptors (Lipinski definition) is 3. The van der Waals surface area contributed by atoms with Crippen LogP contribution >= 0.6 is 0 Å². The van der Waals surface area contributed by atoms with Crippen LogP contribution in [0.25, 0.3) is 0 Å². The number of rotatable bonds is 2. The van der Waals surface area contributed by atoms with Crippen LogP contribution in [0.1, 0.15) is 6.92 Å². The fourth-order valence-electron chi connectivity index (χ4n) is 1.57. The van der Waals surface area contributed by atoms with Crippen LogP contribution in [0.5, 0.6) is 0 Å². The van der Waals surface area contributed by atoms with E-state index in [2.05, 4.69) is 4.90 Å². The molecule has 70 valence electrons. The molecule has 4 nitrogen and oxygen atoms in total. The first kappa shape index (κ1) is 9.48. The maximum absolute atomic E-state index is 10.8. The highest BCUT2D eigenvalue weighted by Crippen LogP contribution is 2.07. The van der Waals surface area contributed by atoms with E-state index < -0.39 is 5.97 Å². The van der Waals surface area contributed by atoms with Crippen molar-refractivity contribution >= 4 is 5.97 Å². The fourth-order valence-corrected chi connectivity index (χ4v) is 1.57. The maximum atomic E-state index is 10.8. The van der Waals surface area contributed by atoms with Gasteiger partial charge in [-0.25, -0.2) is 0 Å². The number of aliphatic carboxylic acids is 1. The van der Waals surface area contributed by atoms with Gasteiger partial charge in [-0.3, -0.25) is 9.69 Å². The van der Waals surface area contributed by atoms with Gasteiger partial charge >= 0.3 is 5.97 Å². The second-order valence-electron chi connectivity index (χ2n) is 3.24. The quantitative estimate of drug-likeness (QED) is 0.621. The molecule has 0 amide bonds. The van der Waals surface area contributed by atoms with Gasteiger partial charge in [0.15, 0.2) is 0 Å². The minimum atomic E-state index is -0.705. The molecule has 4 heteroatoms. The van der Waals surface area contributed by atoms with Crippen molar-refractivity contribution in [2.75, 3.05) is 33.2 Å². The zero-order valence-corrected chi connectivity index (χ0v) is 7.66. The SMILES string of the molecule is CCN1CCN(C)CC1C(=O)O. The van der Waals surface area contributed by atoms with E-state index in [9.17, 15) is 4.79 Å². The zero-order valence-electron chi connectivity index (χ0n) is 7.66. The van der Waals surface area contributed by atoms with Gasteiger partial charge in [-0.1, -0.05) is 6.92 Å². The summed E-state index contributed by atoms with van der Waals surface area (Å²) < 4.78 is 0. The monoisotopic (exact) mass is 172 g/mol. The maximum Gasteiger partial charge on any atom is 0.322 e. The van der Waals surface area contributed by atoms with Crippen LogP contribution in [-0.2, 0) is 4.79 Å². The van der Waals surface area contributed by atoms with Gasteiger partial charge in [0, 0.05) is 19.6 Å². The lowest BCUT2D eigenvalue weighted by Gasteiger charge is -2.36. The van der Waals surface area contributed by atoms with Gasteiger partial charge in [0.2, 0.25) is 0 Å². The first-order chi connectivity index (χ1) is 5.65. The summed E-state index contributed by atoms with van der Waals surface area (Å²) in [5.74, 6) is -0.705. The Labute approximate surface area is 72.8 Å². The third-order valence-corrected chi connectivity index (χ3v) is 2.39. The second-order valence-corrected chi connectivity index (χ2v) is 3.24. The van der Waals surface area contributed by atoms with E-state index in [1.165, 1.54) is 0 Å². The molecule has 1 heterocycles. The zero-order chi connectivity index (χ0) is 9.14. The van der Waals surface area contributed by atoms with Crippen LogP contribution in [-0.4, -0.2) is 60.1 Å². The lowest BCUT2D eigenvalue weighted by Crippen LogP contribution is -2.55. The van der Waals surface area contributed by atoms with Crippen LogP contribution < -0.4 is 0 Å². The number of likely N-dealkylation sites (N-methyl/N-ethyl adjacent to an activating group) is 2. The van der Waals surface area contributed by atoms with Crippen molar-refractivity contribution in [1.29, 1.82) is 0 Å². The van der Waals surface area contributed by atoms with Gasteiger partial charge < -0.3 is 10.0 Å². The summed E-state index contributed by atoms with van der Waals surface area (Å²) in [5.41, 5.74) is 0. The van der Waals surface area contributed by atoms with Crippen LogP contribution in [0.2, 0.25) is 0 Å². The molecule has 1 rings (SSSR count). The highest BCUT2D eigenvalue weighted by atomic mass is 16.4. The van der Waals surface area contributed by atoms with Crippen LogP contribution in [0.15, 0.2) is 0 Å². The Morgan fingerprint density at radius 1 is 1.58 bits per heavy atom. The largest absolute Gasteiger partial charge is 0.480 e. The summed E-state index contributed by atoms with van der Waals surface area (Å²) in [4.78, 5) is 14.9. The highest BCUT2D eigenvalue weighted by Gasteiger charge is 2.29. The summed E-state index contributed by atoms with van der Waals surface area (Å²) in [6.07, 6.45) is 0. The van der Waals surface area contributed by atoms with Crippen molar-refractivity contribution < 1.29 is 9.90 Å². The molecule has 0 aromatic carbocycles. The van der Waals surface area contributed by atoms with Crippen LogP contribution in [0.4, 0.5) is 0 Å². The van der Waals surface area contributed by atoms with E-state index in [1.807, 2.05) is 18.9 Å². The molecule has 0 spiro atoms. The van der Waals surface area contributed by atoms with Crippen LogP contribution in [0, 0.1) is 0 Å². The van der Waals surface area contributed by atoms with Gasteiger partial charge in [-0.15, -0.1) is 0 Å². The molecule has 1 fully saturated rings. The molecule has 1 N–H and O–H groups in total. The van der Waals surface area contributed by atoms with E-state index in [1.54, 1.807) is 0 Å². The Morgan fingerprint density at radius 2 is 2.25 bits per heavy atom. The number of nitrogens with zero attached hydrogens (tertiary/aromatic N) is 2. The van der Waals surface area contributed by atoms with Crippen molar-refractivity contribution in [3.8, 4) is 0 Å². The Hall–Kier alpha value is -0.610. The molecule has 0 aliphatic carbocycles. The molecule has 0 aromatic heterocycles. The van der Waals surface area contributed by atoms with E-state index in [0.29, 0.717) is 6.54 Å². The smallest absolute Gasteiger partial charge is 0.322 e. The minimum absolute atomic E-state index is 0.311. The molecular weight excluding hydrogens is 156 g/mol. The third kappa shape index (κ3) is 1.95. The second kappa shape index (κ2) is 3.87. The number of carboxylic acids is 1. The summed E-state index contributed by atoms with van der Waals surface area (Å²) in [6.45, 7) is 5.30. The number of hydrogen-bond donors (Lipinski definition) is 1. The third-order valence-electron chi connectivity index (χ3n) is 2.39. The Kier molecular flexibility index (Phi) is 3.05. The summed E-state index contributed by atoms with van der Waals surface area (Å²) >= 11 is 0. The van der Waals surface area contributed by atoms with E-state index in [-0.39, 0.29) is 6.04 Å². The molecule has 1 aliphatic heterocycles. The lowest BCUT2D eigenvalue weighted by molar-refractivity contribution is -0.145. The molecule has 0 radical (unpaired) electrons. The van der Waals surface area contributed by atoms with Crippen molar-refractivity contribution in [3.63, 3.8) is 0 Å². The van der Waals surface area contributed by atoms with E-state index >= 15 is 0 Å². The first-order valence-electron chi connectivity index (χ1n) is 4.30. The Morgan fingerprint density at radius 3 is 2.75 bits per heavy atom. The number of piperazine rings is 1. The number of carbonyl (C=O) groups is 1. The van der Waals surface area contributed by atoms with Crippen molar-refractivity contribution in [1.82, 2.24) is 9.80 Å². The number of carboxylic acid groups (broad SMARTS) is 1. The molecule has 0 bridgehead atoms. The minimum Gasteiger partial charge on any atom is -0.480 e. The topological polar surface area (TPSA) is 43.8 Å². The van der Waals surface area contributed by atoms with Gasteiger partial charge in [0.25, 0.3) is 0 Å². The normalized spacial score (nSPS) is 27.3. The van der Waals surface area contributed by atoms with Gasteiger partial charge in [0.1, 0.15) is 6.04 Å². The van der Waals surface area contributed by atoms with E-state index in [4.69, 9.17) is 5.11 Å². The highest BCUT2D eigenvalue weighted by molar-refractivity contribution is 5.73. The van der Waals surface area contributed by atoms with Gasteiger partial charge in [0.05, 0.1) is 0 Å². The molecule has 1 atom stereocenters. The van der Waals surface area contributed by atoms with Crippen LogP contribution in [0.3, 0.4) is 0 Å². The van der Waals surface area contributed by atoms with E-state index in [0.717, 1.165) is 19.6 Å². The van der Waals surface area contributed by atoms with Gasteiger partial charge in [-0.2, -0.15) is 0 Å². The van der Waals surface area contributed by atoms with Crippen molar-refractivity contribution in [2.24, 2.45) is 0 Å². The molecule has 1 aliphatic rings. The molecule has 12 heavy (non-hydrogen) atoms. The summed E-state index contributed by atoms with van der Waals surface area (Å²) in [6, 6.07) is -0.311. The molecule has 0 saturated carbocycles. The molecule has 1 unspecified atom stereocenters. The van der Waals surface area contributed by atoms with Crippen molar-refractivity contribution in [2.45, 2.75) is 13.0 Å². The molecule has 1 saturated heterocycles. The summed E-state index contributed by atoms with van der Waals surface area (Å²) in [7, 11) is 1.96. The standard InChI is InChI=1S/C8H16N2O2/c1-3-10-5-4-9(2)6-7(10)8(11)12/h7H,3-6H2,1-2H3,(H,11,12). The average Bonchev–Trinajstić information content (AvgIpc) is 2.04. The average molecular weight is 172 g/mol. The van der Waals surface area contributed by atoms with Gasteiger partial charge in [-0.05, 0) is 13.6 Å². The lowest BCUT2D eigenvalue weighted by atomic mass is 10.2.